The molecule has 98 valence electrons. The van der Waals surface area contributed by atoms with E-state index < -0.39 is 0 Å². The number of anilines is 1. The van der Waals surface area contributed by atoms with Crippen molar-refractivity contribution in [3.05, 3.63) is 63.6 Å². The van der Waals surface area contributed by atoms with Gasteiger partial charge < -0.3 is 5.32 Å². The number of benzene rings is 2. The molecule has 2 aromatic rings. The fourth-order valence-electron chi connectivity index (χ4n) is 1.86. The Morgan fingerprint density at radius 3 is 2.47 bits per heavy atom. The van der Waals surface area contributed by atoms with Crippen molar-refractivity contribution in [1.29, 1.82) is 0 Å². The van der Waals surface area contributed by atoms with Gasteiger partial charge in [0, 0.05) is 15.7 Å². The van der Waals surface area contributed by atoms with Crippen molar-refractivity contribution in [2.45, 2.75) is 20.3 Å². The number of nitrogens with one attached hydrogen (secondary N) is 1. The average molecular weight is 318 g/mol. The largest absolute Gasteiger partial charge is 0.322 e. The van der Waals surface area contributed by atoms with Crippen molar-refractivity contribution in [2.24, 2.45) is 0 Å². The third-order valence-corrected chi connectivity index (χ3v) is 3.56. The van der Waals surface area contributed by atoms with Gasteiger partial charge in [-0.15, -0.1) is 0 Å². The van der Waals surface area contributed by atoms with Crippen LogP contribution in [0.4, 0.5) is 5.69 Å². The standard InChI is InChI=1S/C16H16BrNO/c1-3-12-5-8-14(9-6-12)18-16(19)15-10-13(17)7-4-11(15)2/h4-10H,3H2,1-2H3,(H,18,19). The van der Waals surface area contributed by atoms with Crippen molar-refractivity contribution in [3.8, 4) is 0 Å². The molecule has 0 unspecified atom stereocenters. The first-order valence-electron chi connectivity index (χ1n) is 6.26. The van der Waals surface area contributed by atoms with Crippen molar-refractivity contribution in [1.82, 2.24) is 0 Å². The first-order chi connectivity index (χ1) is 9.10. The highest BCUT2D eigenvalue weighted by atomic mass is 79.9. The highest BCUT2D eigenvalue weighted by Crippen LogP contribution is 2.18. The maximum absolute atomic E-state index is 12.2. The first kappa shape index (κ1) is 13.8. The summed E-state index contributed by atoms with van der Waals surface area (Å²) in [6, 6.07) is 13.6. The quantitative estimate of drug-likeness (QED) is 0.882. The molecule has 2 rings (SSSR count). The smallest absolute Gasteiger partial charge is 0.255 e. The molecular weight excluding hydrogens is 302 g/mol. The van der Waals surface area contributed by atoms with Crippen LogP contribution in [0.25, 0.3) is 0 Å². The van der Waals surface area contributed by atoms with Gasteiger partial charge >= 0.3 is 0 Å². The van der Waals surface area contributed by atoms with Gasteiger partial charge in [0.05, 0.1) is 0 Å². The lowest BCUT2D eigenvalue weighted by Gasteiger charge is -2.08. The molecule has 0 aliphatic heterocycles. The molecule has 0 radical (unpaired) electrons. The molecule has 0 saturated carbocycles. The average Bonchev–Trinajstić information content (AvgIpc) is 2.42. The fraction of sp³-hybridized carbons (Fsp3) is 0.188. The van der Waals surface area contributed by atoms with E-state index in [1.807, 2.05) is 49.4 Å². The zero-order valence-electron chi connectivity index (χ0n) is 11.0. The molecule has 0 aliphatic carbocycles. The van der Waals surface area contributed by atoms with Gasteiger partial charge in [-0.2, -0.15) is 0 Å². The van der Waals surface area contributed by atoms with Crippen LogP contribution in [0.15, 0.2) is 46.9 Å². The normalized spacial score (nSPS) is 10.3. The van der Waals surface area contributed by atoms with E-state index in [9.17, 15) is 4.79 Å². The van der Waals surface area contributed by atoms with E-state index >= 15 is 0 Å². The Morgan fingerprint density at radius 2 is 1.84 bits per heavy atom. The molecule has 0 aromatic heterocycles. The van der Waals surface area contributed by atoms with Crippen LogP contribution in [0.1, 0.15) is 28.4 Å². The molecule has 0 saturated heterocycles. The lowest BCUT2D eigenvalue weighted by molar-refractivity contribution is 0.102. The van der Waals surface area contributed by atoms with Crippen LogP contribution in [0, 0.1) is 6.92 Å². The molecule has 2 nitrogen and oxygen atoms in total. The predicted molar refractivity (Wildman–Crippen MR) is 82.7 cm³/mol. The van der Waals surface area contributed by atoms with E-state index in [0.29, 0.717) is 5.56 Å². The molecule has 0 spiro atoms. The van der Waals surface area contributed by atoms with E-state index in [1.54, 1.807) is 0 Å². The second-order valence-corrected chi connectivity index (χ2v) is 5.38. The SMILES string of the molecule is CCc1ccc(NC(=O)c2cc(Br)ccc2C)cc1. The summed E-state index contributed by atoms with van der Waals surface area (Å²) in [7, 11) is 0. The summed E-state index contributed by atoms with van der Waals surface area (Å²) in [5.74, 6) is -0.0805. The zero-order chi connectivity index (χ0) is 13.8. The molecule has 1 amide bonds. The minimum Gasteiger partial charge on any atom is -0.322 e. The molecule has 3 heteroatoms. The van der Waals surface area contributed by atoms with Crippen LogP contribution >= 0.6 is 15.9 Å². The molecule has 0 fully saturated rings. The van der Waals surface area contributed by atoms with E-state index in [4.69, 9.17) is 0 Å². The molecule has 2 aromatic carbocycles. The Hall–Kier alpha value is -1.61. The van der Waals surface area contributed by atoms with Crippen LogP contribution in [-0.2, 0) is 6.42 Å². The highest BCUT2D eigenvalue weighted by molar-refractivity contribution is 9.10. The number of carbonyl (C=O) groups is 1. The number of hydrogen-bond donors (Lipinski definition) is 1. The molecule has 0 bridgehead atoms. The molecule has 0 atom stereocenters. The van der Waals surface area contributed by atoms with Gasteiger partial charge in [0.2, 0.25) is 0 Å². The van der Waals surface area contributed by atoms with Crippen LogP contribution in [-0.4, -0.2) is 5.91 Å². The fourth-order valence-corrected chi connectivity index (χ4v) is 2.22. The number of amides is 1. The molecule has 19 heavy (non-hydrogen) atoms. The van der Waals surface area contributed by atoms with Gasteiger partial charge in [-0.1, -0.05) is 41.1 Å². The summed E-state index contributed by atoms with van der Waals surface area (Å²) in [5.41, 5.74) is 3.73. The van der Waals surface area contributed by atoms with Crippen LogP contribution in [0.5, 0.6) is 0 Å². The Balaban J connectivity index is 2.18. The van der Waals surface area contributed by atoms with E-state index in [-0.39, 0.29) is 5.91 Å². The number of carbonyl (C=O) groups excluding carboxylic acids is 1. The molecule has 1 N–H and O–H groups in total. The summed E-state index contributed by atoms with van der Waals surface area (Å²) in [6.07, 6.45) is 0.999. The Morgan fingerprint density at radius 1 is 1.16 bits per heavy atom. The second kappa shape index (κ2) is 6.02. The maximum Gasteiger partial charge on any atom is 0.255 e. The Labute approximate surface area is 122 Å². The van der Waals surface area contributed by atoms with Crippen LogP contribution in [0.2, 0.25) is 0 Å². The monoisotopic (exact) mass is 317 g/mol. The van der Waals surface area contributed by atoms with Gasteiger partial charge in [-0.05, 0) is 48.7 Å². The minimum atomic E-state index is -0.0805. The third-order valence-electron chi connectivity index (χ3n) is 3.06. The third kappa shape index (κ3) is 3.44. The topological polar surface area (TPSA) is 29.1 Å². The van der Waals surface area contributed by atoms with E-state index in [2.05, 4.69) is 28.2 Å². The van der Waals surface area contributed by atoms with E-state index in [0.717, 1.165) is 22.1 Å². The van der Waals surface area contributed by atoms with Crippen molar-refractivity contribution in [3.63, 3.8) is 0 Å². The van der Waals surface area contributed by atoms with Gasteiger partial charge in [-0.25, -0.2) is 0 Å². The number of aryl methyl sites for hydroxylation is 2. The molecule has 0 heterocycles. The minimum absolute atomic E-state index is 0.0805. The predicted octanol–water partition coefficient (Wildman–Crippen LogP) is 4.57. The van der Waals surface area contributed by atoms with Crippen LogP contribution < -0.4 is 5.32 Å². The Kier molecular flexibility index (Phi) is 4.38. The summed E-state index contributed by atoms with van der Waals surface area (Å²) >= 11 is 3.39. The van der Waals surface area contributed by atoms with Gasteiger partial charge in [0.25, 0.3) is 5.91 Å². The van der Waals surface area contributed by atoms with Crippen molar-refractivity contribution < 1.29 is 4.79 Å². The summed E-state index contributed by atoms with van der Waals surface area (Å²) in [5, 5.41) is 2.92. The van der Waals surface area contributed by atoms with Gasteiger partial charge in [0.15, 0.2) is 0 Å². The number of rotatable bonds is 3. The van der Waals surface area contributed by atoms with Crippen molar-refractivity contribution in [2.75, 3.05) is 5.32 Å². The maximum atomic E-state index is 12.2. The number of halogens is 1. The lowest BCUT2D eigenvalue weighted by atomic mass is 10.1. The highest BCUT2D eigenvalue weighted by Gasteiger charge is 2.09. The molecular formula is C16H16BrNO. The summed E-state index contributed by atoms with van der Waals surface area (Å²) in [6.45, 7) is 4.04. The first-order valence-corrected chi connectivity index (χ1v) is 7.06. The van der Waals surface area contributed by atoms with E-state index in [1.165, 1.54) is 5.56 Å². The van der Waals surface area contributed by atoms with Crippen LogP contribution in [0.3, 0.4) is 0 Å². The molecule has 0 aliphatic rings. The zero-order valence-corrected chi connectivity index (χ0v) is 12.6. The lowest BCUT2D eigenvalue weighted by Crippen LogP contribution is -2.13. The number of hydrogen-bond acceptors (Lipinski definition) is 1. The summed E-state index contributed by atoms with van der Waals surface area (Å²) < 4.78 is 0.907. The van der Waals surface area contributed by atoms with Gasteiger partial charge in [0.1, 0.15) is 0 Å². The summed E-state index contributed by atoms with van der Waals surface area (Å²) in [4.78, 5) is 12.2. The van der Waals surface area contributed by atoms with Gasteiger partial charge in [-0.3, -0.25) is 4.79 Å². The van der Waals surface area contributed by atoms with Crippen molar-refractivity contribution >= 4 is 27.5 Å². The Bertz CT molecular complexity index is 590. The second-order valence-electron chi connectivity index (χ2n) is 4.46.